The molecule has 0 unspecified atom stereocenters. The van der Waals surface area contributed by atoms with Gasteiger partial charge in [0.25, 0.3) is 0 Å². The number of methoxy groups -OCH3 is 1. The van der Waals surface area contributed by atoms with Gasteiger partial charge in [0, 0.05) is 41.5 Å². The molecule has 0 aromatic heterocycles. The predicted octanol–water partition coefficient (Wildman–Crippen LogP) is 5.16. The van der Waals surface area contributed by atoms with Crippen LogP contribution in [0.1, 0.15) is 46.5 Å². The molecular formula is C26H24O5. The Morgan fingerprint density at radius 2 is 1.55 bits per heavy atom. The third kappa shape index (κ3) is 3.74. The third-order valence-electron chi connectivity index (χ3n) is 5.25. The van der Waals surface area contributed by atoms with Crippen molar-refractivity contribution in [3.05, 3.63) is 82.4 Å². The van der Waals surface area contributed by atoms with Crippen LogP contribution in [0.3, 0.4) is 0 Å². The van der Waals surface area contributed by atoms with E-state index >= 15 is 0 Å². The van der Waals surface area contributed by atoms with Crippen molar-refractivity contribution in [3.63, 3.8) is 0 Å². The van der Waals surface area contributed by atoms with Crippen molar-refractivity contribution in [2.75, 3.05) is 7.11 Å². The highest BCUT2D eigenvalue weighted by Crippen LogP contribution is 2.54. The van der Waals surface area contributed by atoms with Gasteiger partial charge in [-0.05, 0) is 43.2 Å². The van der Waals surface area contributed by atoms with Crippen molar-refractivity contribution in [3.8, 4) is 35.3 Å². The lowest BCUT2D eigenvalue weighted by Gasteiger charge is -2.40. The zero-order chi connectivity index (χ0) is 22.6. The molecule has 0 saturated heterocycles. The van der Waals surface area contributed by atoms with Gasteiger partial charge < -0.3 is 19.7 Å². The van der Waals surface area contributed by atoms with Crippen molar-refractivity contribution in [1.82, 2.24) is 0 Å². The smallest absolute Gasteiger partial charge is 0.151 e. The first-order chi connectivity index (χ1) is 14.9. The molecule has 3 aromatic carbocycles. The van der Waals surface area contributed by atoms with Crippen LogP contribution in [0.15, 0.2) is 54.6 Å². The SMILES string of the molecule is C#CC.CCc1ccc(C=O)c(C2(OC)c3ccc(O)cc3Oc3cc(O)ccc32)c1. The summed E-state index contributed by atoms with van der Waals surface area (Å²) in [5.74, 6) is 3.15. The monoisotopic (exact) mass is 416 g/mol. The number of ether oxygens (including phenoxy) is 2. The van der Waals surface area contributed by atoms with Gasteiger partial charge in [-0.1, -0.05) is 25.1 Å². The largest absolute Gasteiger partial charge is 0.508 e. The summed E-state index contributed by atoms with van der Waals surface area (Å²) < 4.78 is 12.1. The molecule has 0 atom stereocenters. The highest BCUT2D eigenvalue weighted by atomic mass is 16.5. The maximum Gasteiger partial charge on any atom is 0.151 e. The third-order valence-corrected chi connectivity index (χ3v) is 5.25. The van der Waals surface area contributed by atoms with Crippen LogP contribution in [0, 0.1) is 12.3 Å². The standard InChI is InChI=1S/C23H20O5.C3H4/c1-3-14-4-5-15(13-24)20(10-14)23(27-2)18-8-6-16(25)11-21(18)28-22-12-17(26)7-9-19(22)23;1-3-2/h4-13,25-26H,3H2,1-2H3;1H,2H3. The van der Waals surface area contributed by atoms with Crippen LogP contribution in [0.25, 0.3) is 0 Å². The second kappa shape index (κ2) is 8.95. The maximum absolute atomic E-state index is 11.9. The molecule has 1 aliphatic rings. The first-order valence-electron chi connectivity index (χ1n) is 9.81. The van der Waals surface area contributed by atoms with Gasteiger partial charge in [-0.25, -0.2) is 0 Å². The molecule has 0 radical (unpaired) electrons. The molecule has 2 N–H and O–H groups in total. The number of hydrogen-bond acceptors (Lipinski definition) is 5. The summed E-state index contributed by atoms with van der Waals surface area (Å²) in [4.78, 5) is 11.9. The van der Waals surface area contributed by atoms with E-state index in [0.717, 1.165) is 18.3 Å². The molecule has 0 spiro atoms. The average molecular weight is 416 g/mol. The fourth-order valence-corrected chi connectivity index (χ4v) is 3.89. The molecule has 5 nitrogen and oxygen atoms in total. The molecular weight excluding hydrogens is 392 g/mol. The Balaban J connectivity index is 0.000000858. The Morgan fingerprint density at radius 1 is 1.00 bits per heavy atom. The van der Waals surface area contributed by atoms with Crippen LogP contribution in [0.4, 0.5) is 0 Å². The van der Waals surface area contributed by atoms with E-state index in [-0.39, 0.29) is 11.5 Å². The van der Waals surface area contributed by atoms with E-state index in [1.54, 1.807) is 44.4 Å². The number of aryl methyl sites for hydroxylation is 1. The number of phenolic OH excluding ortho intramolecular Hbond substituents is 2. The number of aldehydes is 1. The van der Waals surface area contributed by atoms with Crippen LogP contribution in [-0.4, -0.2) is 23.6 Å². The van der Waals surface area contributed by atoms with E-state index in [1.807, 2.05) is 19.1 Å². The number of terminal acetylenes is 1. The van der Waals surface area contributed by atoms with Gasteiger partial charge in [0.1, 0.15) is 29.3 Å². The summed E-state index contributed by atoms with van der Waals surface area (Å²) in [5, 5.41) is 19.9. The molecule has 0 aliphatic carbocycles. The van der Waals surface area contributed by atoms with Gasteiger partial charge in [-0.15, -0.1) is 12.3 Å². The van der Waals surface area contributed by atoms with E-state index in [9.17, 15) is 15.0 Å². The van der Waals surface area contributed by atoms with Gasteiger partial charge in [0.05, 0.1) is 0 Å². The summed E-state index contributed by atoms with van der Waals surface area (Å²) in [5.41, 5.74) is 2.45. The van der Waals surface area contributed by atoms with Crippen molar-refractivity contribution in [2.24, 2.45) is 0 Å². The van der Waals surface area contributed by atoms with E-state index in [0.29, 0.717) is 33.8 Å². The Labute approximate surface area is 181 Å². The second-order valence-corrected chi connectivity index (χ2v) is 7.03. The first-order valence-corrected chi connectivity index (χ1v) is 9.81. The lowest BCUT2D eigenvalue weighted by Crippen LogP contribution is -2.36. The van der Waals surface area contributed by atoms with Crippen molar-refractivity contribution < 1.29 is 24.5 Å². The molecule has 3 aromatic rings. The highest BCUT2D eigenvalue weighted by molar-refractivity contribution is 5.80. The molecule has 1 heterocycles. The summed E-state index contributed by atoms with van der Waals surface area (Å²) in [6.45, 7) is 3.70. The number of carbonyl (C=O) groups excluding carboxylic acids is 1. The molecule has 5 heteroatoms. The molecule has 4 rings (SSSR count). The lowest BCUT2D eigenvalue weighted by molar-refractivity contribution is 0.0489. The zero-order valence-corrected chi connectivity index (χ0v) is 17.7. The predicted molar refractivity (Wildman–Crippen MR) is 119 cm³/mol. The van der Waals surface area contributed by atoms with Crippen molar-refractivity contribution >= 4 is 6.29 Å². The molecule has 0 saturated carbocycles. The van der Waals surface area contributed by atoms with Gasteiger partial charge in [-0.2, -0.15) is 0 Å². The molecule has 31 heavy (non-hydrogen) atoms. The van der Waals surface area contributed by atoms with E-state index in [1.165, 1.54) is 12.1 Å². The Bertz CT molecular complexity index is 1110. The van der Waals surface area contributed by atoms with E-state index in [4.69, 9.17) is 9.47 Å². The van der Waals surface area contributed by atoms with Crippen LogP contribution >= 0.6 is 0 Å². The van der Waals surface area contributed by atoms with Gasteiger partial charge in [0.15, 0.2) is 5.60 Å². The quantitative estimate of drug-likeness (QED) is 0.454. The highest BCUT2D eigenvalue weighted by Gasteiger charge is 2.46. The first kappa shape index (κ1) is 21.9. The lowest BCUT2D eigenvalue weighted by atomic mass is 9.75. The van der Waals surface area contributed by atoms with Gasteiger partial charge in [-0.3, -0.25) is 4.79 Å². The second-order valence-electron chi connectivity index (χ2n) is 7.03. The maximum atomic E-state index is 11.9. The molecule has 0 fully saturated rings. The van der Waals surface area contributed by atoms with Crippen molar-refractivity contribution in [2.45, 2.75) is 25.9 Å². The minimum Gasteiger partial charge on any atom is -0.508 e. The number of fused-ring (bicyclic) bond motifs is 2. The van der Waals surface area contributed by atoms with Crippen LogP contribution in [0.5, 0.6) is 23.0 Å². The number of phenols is 2. The normalized spacial score (nSPS) is 12.8. The van der Waals surface area contributed by atoms with E-state index in [2.05, 4.69) is 12.3 Å². The van der Waals surface area contributed by atoms with Crippen LogP contribution in [0.2, 0.25) is 0 Å². The average Bonchev–Trinajstić information content (AvgIpc) is 2.77. The number of benzene rings is 3. The van der Waals surface area contributed by atoms with E-state index < -0.39 is 5.60 Å². The summed E-state index contributed by atoms with van der Waals surface area (Å²) >= 11 is 0. The summed E-state index contributed by atoms with van der Waals surface area (Å²) in [6.07, 6.45) is 6.21. The molecule has 1 aliphatic heterocycles. The number of aromatic hydroxyl groups is 2. The minimum absolute atomic E-state index is 0.0466. The molecule has 0 bridgehead atoms. The Kier molecular flexibility index (Phi) is 6.33. The molecule has 158 valence electrons. The van der Waals surface area contributed by atoms with Crippen LogP contribution in [-0.2, 0) is 16.8 Å². The molecule has 0 amide bonds. The number of carbonyl (C=O) groups is 1. The topological polar surface area (TPSA) is 76.0 Å². The number of rotatable bonds is 4. The number of hydrogen-bond donors (Lipinski definition) is 2. The van der Waals surface area contributed by atoms with Crippen LogP contribution < -0.4 is 4.74 Å². The summed E-state index contributed by atoms with van der Waals surface area (Å²) in [6, 6.07) is 15.3. The fourth-order valence-electron chi connectivity index (χ4n) is 3.89. The van der Waals surface area contributed by atoms with Crippen molar-refractivity contribution in [1.29, 1.82) is 0 Å². The Hall–Kier alpha value is -3.75. The van der Waals surface area contributed by atoms with Gasteiger partial charge in [0.2, 0.25) is 0 Å². The minimum atomic E-state index is -1.13. The summed E-state index contributed by atoms with van der Waals surface area (Å²) in [7, 11) is 1.58. The fraction of sp³-hybridized carbons (Fsp3) is 0.192. The Morgan fingerprint density at radius 3 is 2.00 bits per heavy atom. The zero-order valence-electron chi connectivity index (χ0n) is 17.7. The van der Waals surface area contributed by atoms with Gasteiger partial charge >= 0.3 is 0 Å².